The lowest BCUT2D eigenvalue weighted by Gasteiger charge is -2.34. The molecule has 3 saturated heterocycles. The van der Waals surface area contributed by atoms with Gasteiger partial charge in [-0.2, -0.15) is 15.0 Å². The summed E-state index contributed by atoms with van der Waals surface area (Å²) in [5, 5.41) is 12.5. The maximum atomic E-state index is 14.6. The van der Waals surface area contributed by atoms with Crippen LogP contribution in [0.5, 0.6) is 34.5 Å². The molecule has 39 heteroatoms. The largest absolute Gasteiger partial charge is 0.495 e. The van der Waals surface area contributed by atoms with Crippen LogP contribution in [-0.4, -0.2) is 250 Å². The molecular weight excluding hydrogens is 2010 g/mol. The molecule has 6 aromatic heterocycles. The molecule has 6 aromatic carbocycles. The summed E-state index contributed by atoms with van der Waals surface area (Å²) in [7, 11) is 12.7. The molecule has 9 heterocycles. The molecule has 0 aliphatic carbocycles. The number of amides is 3. The molecule has 772 valence electrons. The van der Waals surface area contributed by atoms with E-state index >= 15 is 0 Å². The summed E-state index contributed by atoms with van der Waals surface area (Å²) >= 11 is 40.7. The minimum atomic E-state index is -0.378. The molecule has 0 saturated carbocycles. The molecule has 15 rings (SSSR count). The number of hydrogen-bond acceptors (Lipinski definition) is 27. The number of likely N-dealkylation sites (N-methyl/N-ethyl adjacent to an activating group) is 1. The van der Waals surface area contributed by atoms with Crippen LogP contribution in [0.4, 0.5) is 34.9 Å². The van der Waals surface area contributed by atoms with Crippen molar-refractivity contribution >= 4 is 173 Å². The molecule has 0 unspecified atom stereocenters. The monoisotopic (exact) mass is 2120 g/mol. The van der Waals surface area contributed by atoms with Gasteiger partial charge in [0.25, 0.3) is 22.6 Å². The molecule has 12 aromatic rings. The number of anilines is 6. The number of hydrogen-bond donors (Lipinski definition) is 3. The van der Waals surface area contributed by atoms with Crippen molar-refractivity contribution in [1.82, 2.24) is 73.0 Å². The molecule has 3 aliphatic heterocycles. The van der Waals surface area contributed by atoms with Gasteiger partial charge in [0.2, 0.25) is 29.7 Å². The Kier molecular flexibility index (Phi) is 38.1. The molecule has 0 atom stereocenters. The molecule has 148 heavy (non-hydrogen) atoms. The molecule has 0 spiro atoms. The van der Waals surface area contributed by atoms with E-state index in [4.69, 9.17) is 113 Å². The summed E-state index contributed by atoms with van der Waals surface area (Å²) in [6, 6.07) is 26.7. The van der Waals surface area contributed by atoms with Crippen molar-refractivity contribution in [3.63, 3.8) is 0 Å². The Morgan fingerprint density at radius 3 is 1.05 bits per heavy atom. The number of likely N-dealkylation sites (tertiary alicyclic amines) is 1. The van der Waals surface area contributed by atoms with Gasteiger partial charge in [-0.25, -0.2) is 15.0 Å². The van der Waals surface area contributed by atoms with Gasteiger partial charge in [-0.3, -0.25) is 66.7 Å². The lowest BCUT2D eigenvalue weighted by Crippen LogP contribution is -2.49. The van der Waals surface area contributed by atoms with Crippen molar-refractivity contribution in [2.24, 2.45) is 5.92 Å². The quantitative estimate of drug-likeness (QED) is 0.0242. The fraction of sp³-hybridized carbons (Fsp3) is 0.312. The van der Waals surface area contributed by atoms with Gasteiger partial charge in [-0.15, -0.1) is 0 Å². The number of piperidine rings is 1. The van der Waals surface area contributed by atoms with Crippen LogP contribution in [0.25, 0.3) is 66.5 Å². The van der Waals surface area contributed by atoms with Gasteiger partial charge in [0, 0.05) is 217 Å². The number of pyridine rings is 3. The number of carbonyl (C=O) groups is 6. The highest BCUT2D eigenvalue weighted by atomic mass is 35.5. The summed E-state index contributed by atoms with van der Waals surface area (Å²) in [4.78, 5) is 157. The highest BCUT2D eigenvalue weighted by molar-refractivity contribution is 6.43. The maximum absolute atomic E-state index is 14.6. The third-order valence-electron chi connectivity index (χ3n) is 25.7. The first kappa shape index (κ1) is 111. The van der Waals surface area contributed by atoms with E-state index in [-0.39, 0.29) is 171 Å². The summed E-state index contributed by atoms with van der Waals surface area (Å²) in [6.07, 6.45) is 15.4. The van der Waals surface area contributed by atoms with Gasteiger partial charge >= 0.3 is 0 Å². The normalized spacial score (nSPS) is 13.3. The zero-order chi connectivity index (χ0) is 107. The Balaban J connectivity index is 0.000000185. The molecule has 0 bridgehead atoms. The van der Waals surface area contributed by atoms with Crippen LogP contribution in [0.15, 0.2) is 187 Å². The average molecular weight is 2130 g/mol. The topological polar surface area (TPSA) is 357 Å². The Morgan fingerprint density at radius 1 is 0.426 bits per heavy atom. The van der Waals surface area contributed by atoms with Crippen LogP contribution in [0.3, 0.4) is 0 Å². The number of fused-ring (bicyclic) bond motifs is 3. The molecule has 0 radical (unpaired) electrons. The summed E-state index contributed by atoms with van der Waals surface area (Å²) < 4.78 is 37.7. The van der Waals surface area contributed by atoms with E-state index in [1.54, 1.807) is 91.5 Å². The number of carbonyl (C=O) groups excluding carboxylic acids is 6. The van der Waals surface area contributed by atoms with Gasteiger partial charge < -0.3 is 64.0 Å². The van der Waals surface area contributed by atoms with Crippen molar-refractivity contribution in [2.45, 2.75) is 79.4 Å². The SMILES string of the molecule is C=CC(=O)Cc1cccc(C)c1Nc1ncc2cc(-c3c(Cl)c(OC)cc(OC)c3Cl)c(=O)n(CC3CCN(C(=O)/C=C/CN(C)C)CC3)c2n1.C=CC(=O)Cc1cccc(C)c1Nc1ncc2cc(-c3c(Cl)c(OC)cc(OC)c3Cl)c(=O)n(CCN3CCN(C(=O)C#CC)CC3)c2n1.C=CC(=O)Cc1cccc(C)c1Nc1ncc2cc(-c3c(Cl)c(OC)cc(OC)c3Cl)c(=O)n(CCN3CCN(C(=O)C=C)CC3)c2n1. The van der Waals surface area contributed by atoms with Crippen LogP contribution in [0, 0.1) is 38.5 Å². The summed E-state index contributed by atoms with van der Waals surface area (Å²) in [5.74, 6) is 7.20. The predicted molar refractivity (Wildman–Crippen MR) is 584 cm³/mol. The van der Waals surface area contributed by atoms with Gasteiger partial charge in [-0.05, 0) is 142 Å². The Labute approximate surface area is 886 Å². The van der Waals surface area contributed by atoms with Crippen LogP contribution in [-0.2, 0) is 67.7 Å². The Hall–Kier alpha value is -14.3. The number of nitrogens with one attached hydrogen (secondary N) is 3. The first-order chi connectivity index (χ1) is 71.1. The fourth-order valence-corrected chi connectivity index (χ4v) is 19.8. The van der Waals surface area contributed by atoms with Crippen LogP contribution < -0.4 is 61.0 Å². The minimum Gasteiger partial charge on any atom is -0.495 e. The lowest BCUT2D eigenvalue weighted by atomic mass is 9.96. The highest BCUT2D eigenvalue weighted by Gasteiger charge is 2.33. The van der Waals surface area contributed by atoms with E-state index in [1.165, 1.54) is 67.0 Å². The van der Waals surface area contributed by atoms with Crippen molar-refractivity contribution in [1.29, 1.82) is 0 Å². The molecular formula is C109H114Cl6N18O15. The van der Waals surface area contributed by atoms with Crippen LogP contribution in [0.1, 0.15) is 53.1 Å². The smallest absolute Gasteiger partial charge is 0.298 e. The lowest BCUT2D eigenvalue weighted by molar-refractivity contribution is -0.128. The minimum absolute atomic E-state index is 0.0232. The molecule has 3 fully saturated rings. The first-order valence-electron chi connectivity index (χ1n) is 47.4. The van der Waals surface area contributed by atoms with Gasteiger partial charge in [0.1, 0.15) is 51.4 Å². The van der Waals surface area contributed by atoms with Crippen LogP contribution >= 0.6 is 69.6 Å². The van der Waals surface area contributed by atoms with E-state index in [0.29, 0.717) is 189 Å². The molecule has 33 nitrogen and oxygen atoms in total. The second kappa shape index (κ2) is 50.9. The van der Waals surface area contributed by atoms with Gasteiger partial charge in [-0.1, -0.05) is 163 Å². The number of para-hydroxylation sites is 3. The Morgan fingerprint density at radius 2 is 0.743 bits per heavy atom. The summed E-state index contributed by atoms with van der Waals surface area (Å²) in [5.41, 5.74) is 8.66. The zero-order valence-electron chi connectivity index (χ0n) is 84.2. The number of halogens is 6. The summed E-state index contributed by atoms with van der Waals surface area (Å²) in [6.45, 7) is 30.1. The molecule has 3 N–H and O–H groups in total. The number of piperazine rings is 2. The van der Waals surface area contributed by atoms with Crippen molar-refractivity contribution in [3.05, 3.63) is 267 Å². The van der Waals surface area contributed by atoms with E-state index in [1.807, 2.05) is 105 Å². The van der Waals surface area contributed by atoms with Crippen LogP contribution in [0.2, 0.25) is 30.1 Å². The van der Waals surface area contributed by atoms with Gasteiger partial charge in [0.05, 0.1) is 89.5 Å². The second-order valence-corrected chi connectivity index (χ2v) is 37.6. The number of nitrogens with zero attached hydrogens (tertiary/aromatic N) is 15. The number of methoxy groups -OCH3 is 6. The number of ether oxygens (including phenoxy) is 6. The predicted octanol–water partition coefficient (Wildman–Crippen LogP) is 17.3. The highest BCUT2D eigenvalue weighted by Crippen LogP contribution is 2.49. The number of benzene rings is 6. The molecule has 3 amide bonds. The number of ketones is 3. The van der Waals surface area contributed by atoms with E-state index in [0.717, 1.165) is 33.4 Å². The van der Waals surface area contributed by atoms with Gasteiger partial charge in [0.15, 0.2) is 17.3 Å². The van der Waals surface area contributed by atoms with E-state index < -0.39 is 0 Å². The number of aromatic nitrogens is 9. The standard InChI is InChI=1S/C38H42Cl2N6O5.C36H36Cl2N6O5.C35H36Cl2N6O5/c1-7-27(47)18-25-11-8-10-23(2)35(25)42-38-41-21-26-19-28(32-33(39)29(50-5)20-30(51-6)34(32)40)37(49)46(36(26)43-38)22-24-13-16-45(17-14-24)31(48)12-9-15-44(3)4;1-6-9-29(46)43-15-12-42(13-16-43)14-17-44-34-24(19-26(35(44)47)30-31(37)27(48-4)20-28(49-5)32(30)38)21-39-36(41-34)40-33-22(3)10-8-11-23(33)18-25(45)7-2;1-6-24(44)17-22-10-8-9-21(3)32(22)39-35-38-20-23-18-25(29-30(36)26(47-4)19-27(48-5)31(29)37)34(46)43(33(23)40-35)16-13-41-11-14-42(15-12-41)28(45)7-2/h7-12,19-21,24H,1,13-18,22H2,2-6H3,(H,41,42,43);7-8,10-11,19-21H,2,12-18H2,1,3-5H3,(H,39,40,41);6-10,18-20H,1-2,11-17H2,3-5H3,(H,38,39,40)/b12-9+;;. The van der Waals surface area contributed by atoms with Crippen molar-refractivity contribution in [3.8, 4) is 79.7 Å². The third kappa shape index (κ3) is 25.7. The third-order valence-corrected chi connectivity index (χ3v) is 28.0. The Bertz CT molecular complexity index is 7380. The second-order valence-electron chi connectivity index (χ2n) is 35.3. The van der Waals surface area contributed by atoms with E-state index in [9.17, 15) is 43.2 Å². The fourth-order valence-electron chi connectivity index (χ4n) is 17.7. The number of allylic oxidation sites excluding steroid dienone is 3. The van der Waals surface area contributed by atoms with Crippen molar-refractivity contribution in [2.75, 3.05) is 158 Å². The number of aryl methyl sites for hydroxylation is 3. The zero-order valence-corrected chi connectivity index (χ0v) is 88.7. The van der Waals surface area contributed by atoms with E-state index in [2.05, 4.69) is 78.9 Å². The first-order valence-corrected chi connectivity index (χ1v) is 49.6. The average Bonchev–Trinajstić information content (AvgIpc) is 0.752. The van der Waals surface area contributed by atoms with Crippen molar-refractivity contribution < 1.29 is 57.2 Å². The molecule has 3 aliphatic rings. The number of rotatable bonds is 36. The maximum Gasteiger partial charge on any atom is 0.298 e.